The lowest BCUT2D eigenvalue weighted by atomic mass is 10.3. The molecule has 0 bridgehead atoms. The first kappa shape index (κ1) is 22.2. The van der Waals surface area contributed by atoms with Crippen molar-refractivity contribution in [3.05, 3.63) is 60.4 Å². The quantitative estimate of drug-likeness (QED) is 0.484. The van der Waals surface area contributed by atoms with Gasteiger partial charge in [-0.05, 0) is 43.3 Å². The second kappa shape index (κ2) is 10.5. The highest BCUT2D eigenvalue weighted by Gasteiger charge is 2.26. The van der Waals surface area contributed by atoms with Gasteiger partial charge in [0.1, 0.15) is 18.1 Å². The number of para-hydroxylation sites is 1. The van der Waals surface area contributed by atoms with Crippen LogP contribution in [0, 0.1) is 0 Å². The van der Waals surface area contributed by atoms with Gasteiger partial charge in [0.25, 0.3) is 0 Å². The zero-order valence-corrected chi connectivity index (χ0v) is 19.0. The summed E-state index contributed by atoms with van der Waals surface area (Å²) in [6.45, 7) is 4.54. The second-order valence-electron chi connectivity index (χ2n) is 7.23. The SMILES string of the molecule is COc1ccc(OCc2nnc(SC(C)C(=O)N3CCOCC3)n2-c2ccccc2)cc1. The third-order valence-electron chi connectivity index (χ3n) is 5.09. The van der Waals surface area contributed by atoms with Crippen molar-refractivity contribution < 1.29 is 19.0 Å². The van der Waals surface area contributed by atoms with Crippen molar-refractivity contribution in [3.8, 4) is 17.2 Å². The second-order valence-corrected chi connectivity index (χ2v) is 8.54. The van der Waals surface area contributed by atoms with Crippen LogP contribution in [0.25, 0.3) is 5.69 Å². The van der Waals surface area contributed by atoms with Crippen LogP contribution in [0.3, 0.4) is 0 Å². The summed E-state index contributed by atoms with van der Waals surface area (Å²) in [5, 5.41) is 9.10. The van der Waals surface area contributed by atoms with Gasteiger partial charge in [-0.2, -0.15) is 0 Å². The lowest BCUT2D eigenvalue weighted by molar-refractivity contribution is -0.134. The summed E-state index contributed by atoms with van der Waals surface area (Å²) in [4.78, 5) is 14.7. The number of amides is 1. The van der Waals surface area contributed by atoms with Crippen molar-refractivity contribution in [2.24, 2.45) is 0 Å². The fraction of sp³-hybridized carbons (Fsp3) is 0.348. The predicted molar refractivity (Wildman–Crippen MR) is 121 cm³/mol. The van der Waals surface area contributed by atoms with Gasteiger partial charge in [0, 0.05) is 18.8 Å². The summed E-state index contributed by atoms with van der Waals surface area (Å²) in [5.41, 5.74) is 0.916. The molecule has 2 heterocycles. The van der Waals surface area contributed by atoms with Gasteiger partial charge in [-0.1, -0.05) is 30.0 Å². The van der Waals surface area contributed by atoms with Crippen molar-refractivity contribution in [1.82, 2.24) is 19.7 Å². The Morgan fingerprint density at radius 3 is 2.44 bits per heavy atom. The molecule has 4 rings (SSSR count). The molecule has 9 heteroatoms. The van der Waals surface area contributed by atoms with Gasteiger partial charge >= 0.3 is 0 Å². The highest BCUT2D eigenvalue weighted by Crippen LogP contribution is 2.28. The van der Waals surface area contributed by atoms with E-state index in [9.17, 15) is 4.79 Å². The van der Waals surface area contributed by atoms with Gasteiger partial charge in [0.05, 0.1) is 25.6 Å². The van der Waals surface area contributed by atoms with Crippen LogP contribution in [0.2, 0.25) is 0 Å². The Morgan fingerprint density at radius 2 is 1.75 bits per heavy atom. The molecule has 1 aliphatic heterocycles. The number of hydrogen-bond acceptors (Lipinski definition) is 7. The van der Waals surface area contributed by atoms with Gasteiger partial charge in [0.2, 0.25) is 5.91 Å². The van der Waals surface area contributed by atoms with Crippen LogP contribution in [0.15, 0.2) is 59.8 Å². The molecule has 2 aromatic carbocycles. The van der Waals surface area contributed by atoms with Crippen molar-refractivity contribution in [2.45, 2.75) is 23.9 Å². The summed E-state index contributed by atoms with van der Waals surface area (Å²) in [6, 6.07) is 17.2. The Kier molecular flexibility index (Phi) is 7.28. The van der Waals surface area contributed by atoms with Gasteiger partial charge in [-0.25, -0.2) is 0 Å². The van der Waals surface area contributed by atoms with E-state index in [2.05, 4.69) is 10.2 Å². The number of rotatable bonds is 8. The molecule has 1 aliphatic rings. The smallest absolute Gasteiger partial charge is 0.236 e. The highest BCUT2D eigenvalue weighted by molar-refractivity contribution is 8.00. The number of benzene rings is 2. The molecule has 0 spiro atoms. The third-order valence-corrected chi connectivity index (χ3v) is 6.13. The van der Waals surface area contributed by atoms with E-state index >= 15 is 0 Å². The Hall–Kier alpha value is -3.04. The Balaban J connectivity index is 1.53. The first-order valence-electron chi connectivity index (χ1n) is 10.5. The maximum absolute atomic E-state index is 12.9. The topological polar surface area (TPSA) is 78.7 Å². The molecule has 1 amide bonds. The average molecular weight is 455 g/mol. The molecule has 1 saturated heterocycles. The van der Waals surface area contributed by atoms with E-state index < -0.39 is 0 Å². The predicted octanol–water partition coefficient (Wildman–Crippen LogP) is 3.19. The number of hydrogen-bond donors (Lipinski definition) is 0. The van der Waals surface area contributed by atoms with E-state index in [0.717, 1.165) is 11.4 Å². The Morgan fingerprint density at radius 1 is 1.06 bits per heavy atom. The molecule has 0 aliphatic carbocycles. The van der Waals surface area contributed by atoms with Crippen LogP contribution in [-0.4, -0.2) is 64.2 Å². The molecular weight excluding hydrogens is 428 g/mol. The van der Waals surface area contributed by atoms with E-state index in [4.69, 9.17) is 14.2 Å². The molecule has 168 valence electrons. The normalized spacial score (nSPS) is 14.8. The number of morpholine rings is 1. The van der Waals surface area contributed by atoms with Crippen molar-refractivity contribution >= 4 is 17.7 Å². The lowest BCUT2D eigenvalue weighted by Crippen LogP contribution is -2.44. The number of ether oxygens (including phenoxy) is 3. The van der Waals surface area contributed by atoms with Crippen LogP contribution in [-0.2, 0) is 16.1 Å². The molecule has 8 nitrogen and oxygen atoms in total. The summed E-state index contributed by atoms with van der Waals surface area (Å²) in [7, 11) is 1.63. The first-order chi connectivity index (χ1) is 15.7. The van der Waals surface area contributed by atoms with Gasteiger partial charge in [-0.15, -0.1) is 10.2 Å². The average Bonchev–Trinajstić information content (AvgIpc) is 3.25. The van der Waals surface area contributed by atoms with E-state index in [1.54, 1.807) is 7.11 Å². The minimum atomic E-state index is -0.296. The Bertz CT molecular complexity index is 1020. The van der Waals surface area contributed by atoms with Crippen LogP contribution >= 0.6 is 11.8 Å². The maximum Gasteiger partial charge on any atom is 0.236 e. The summed E-state index contributed by atoms with van der Waals surface area (Å²) < 4.78 is 18.4. The molecule has 1 fully saturated rings. The molecule has 1 unspecified atom stereocenters. The van der Waals surface area contributed by atoms with E-state index in [-0.39, 0.29) is 17.8 Å². The van der Waals surface area contributed by atoms with Crippen LogP contribution in [0.4, 0.5) is 0 Å². The molecule has 0 N–H and O–H groups in total. The van der Waals surface area contributed by atoms with Gasteiger partial charge in [-0.3, -0.25) is 9.36 Å². The summed E-state index contributed by atoms with van der Waals surface area (Å²) in [6.07, 6.45) is 0. The van der Waals surface area contributed by atoms with Crippen LogP contribution in [0.5, 0.6) is 11.5 Å². The molecule has 1 atom stereocenters. The molecular formula is C23H26N4O4S. The van der Waals surface area contributed by atoms with Crippen molar-refractivity contribution in [1.29, 1.82) is 0 Å². The molecule has 1 aromatic heterocycles. The largest absolute Gasteiger partial charge is 0.497 e. The number of thioether (sulfide) groups is 1. The standard InChI is InChI=1S/C23H26N4O4S/c1-17(22(28)26-12-14-30-15-13-26)32-23-25-24-21(27(23)18-6-4-3-5-7-18)16-31-20-10-8-19(29-2)9-11-20/h3-11,17H,12-16H2,1-2H3. The van der Waals surface area contributed by atoms with E-state index in [1.165, 1.54) is 11.8 Å². The zero-order chi connectivity index (χ0) is 22.3. The van der Waals surface area contributed by atoms with Gasteiger partial charge in [0.15, 0.2) is 11.0 Å². The minimum Gasteiger partial charge on any atom is -0.497 e. The number of nitrogens with zero attached hydrogens (tertiary/aromatic N) is 4. The third kappa shape index (κ3) is 5.23. The lowest BCUT2D eigenvalue weighted by Gasteiger charge is -2.28. The highest BCUT2D eigenvalue weighted by atomic mass is 32.2. The molecule has 3 aromatic rings. The number of methoxy groups -OCH3 is 1. The molecule has 0 radical (unpaired) electrons. The number of aromatic nitrogens is 3. The van der Waals surface area contributed by atoms with Crippen LogP contribution < -0.4 is 9.47 Å². The van der Waals surface area contributed by atoms with E-state index in [1.807, 2.05) is 71.0 Å². The maximum atomic E-state index is 12.9. The van der Waals surface area contributed by atoms with Crippen molar-refractivity contribution in [2.75, 3.05) is 33.4 Å². The molecule has 0 saturated carbocycles. The molecule has 32 heavy (non-hydrogen) atoms. The van der Waals surface area contributed by atoms with Crippen molar-refractivity contribution in [3.63, 3.8) is 0 Å². The monoisotopic (exact) mass is 454 g/mol. The minimum absolute atomic E-state index is 0.0805. The fourth-order valence-electron chi connectivity index (χ4n) is 3.38. The Labute approximate surface area is 191 Å². The number of carbonyl (C=O) groups excluding carboxylic acids is 1. The van der Waals surface area contributed by atoms with E-state index in [0.29, 0.717) is 43.0 Å². The van der Waals surface area contributed by atoms with Gasteiger partial charge < -0.3 is 19.1 Å². The summed E-state index contributed by atoms with van der Waals surface area (Å²) >= 11 is 1.40. The number of carbonyl (C=O) groups is 1. The fourth-order valence-corrected chi connectivity index (χ4v) is 4.35. The summed E-state index contributed by atoms with van der Waals surface area (Å²) in [5.74, 6) is 2.21. The first-order valence-corrected chi connectivity index (χ1v) is 11.3. The van der Waals surface area contributed by atoms with Crippen LogP contribution in [0.1, 0.15) is 12.7 Å². The zero-order valence-electron chi connectivity index (χ0n) is 18.1.